The fourth-order valence-electron chi connectivity index (χ4n) is 1.99. The van der Waals surface area contributed by atoms with Crippen LogP contribution in [0.2, 0.25) is 0 Å². The van der Waals surface area contributed by atoms with Gasteiger partial charge in [-0.05, 0) is 30.7 Å². The third kappa shape index (κ3) is 2.58. The summed E-state index contributed by atoms with van der Waals surface area (Å²) in [4.78, 5) is 0. The molecule has 1 unspecified atom stereocenters. The average molecular weight is 189 g/mol. The highest BCUT2D eigenvalue weighted by molar-refractivity contribution is 5.14. The third-order valence-corrected chi connectivity index (χ3v) is 3.04. The van der Waals surface area contributed by atoms with Crippen molar-refractivity contribution in [1.29, 1.82) is 0 Å². The van der Waals surface area contributed by atoms with E-state index < -0.39 is 0 Å². The van der Waals surface area contributed by atoms with E-state index in [2.05, 4.69) is 42.6 Å². The predicted octanol–water partition coefficient (Wildman–Crippen LogP) is 2.96. The number of rotatable bonds is 5. The Kier molecular flexibility index (Phi) is 3.20. The molecular formula is C13H19N. The summed E-state index contributed by atoms with van der Waals surface area (Å²) in [5.74, 6) is 0.962. The van der Waals surface area contributed by atoms with Gasteiger partial charge in [-0.3, -0.25) is 0 Å². The van der Waals surface area contributed by atoms with Crippen LogP contribution < -0.4 is 5.32 Å². The van der Waals surface area contributed by atoms with Crippen molar-refractivity contribution < 1.29 is 0 Å². The highest BCUT2D eigenvalue weighted by Gasteiger charge is 2.29. The van der Waals surface area contributed by atoms with Gasteiger partial charge in [-0.2, -0.15) is 0 Å². The Morgan fingerprint density at radius 2 is 2.00 bits per heavy atom. The second kappa shape index (κ2) is 4.61. The summed E-state index contributed by atoms with van der Waals surface area (Å²) in [6.07, 6.45) is 4.12. The van der Waals surface area contributed by atoms with E-state index in [0.29, 0.717) is 0 Å². The van der Waals surface area contributed by atoms with Crippen LogP contribution in [0.25, 0.3) is 0 Å². The molecule has 0 radical (unpaired) electrons. The van der Waals surface area contributed by atoms with Crippen LogP contribution in [0.15, 0.2) is 30.3 Å². The summed E-state index contributed by atoms with van der Waals surface area (Å²) in [6.45, 7) is 3.30. The van der Waals surface area contributed by atoms with Gasteiger partial charge in [0.15, 0.2) is 0 Å². The van der Waals surface area contributed by atoms with E-state index in [-0.39, 0.29) is 0 Å². The van der Waals surface area contributed by atoms with E-state index in [1.54, 1.807) is 0 Å². The van der Waals surface area contributed by atoms with Crippen LogP contribution in [0.5, 0.6) is 0 Å². The summed E-state index contributed by atoms with van der Waals surface area (Å²) >= 11 is 0. The highest BCUT2D eigenvalue weighted by Crippen LogP contribution is 2.33. The zero-order chi connectivity index (χ0) is 9.80. The normalized spacial score (nSPS) is 18.1. The van der Waals surface area contributed by atoms with Crippen LogP contribution in [-0.2, 0) is 6.54 Å². The van der Waals surface area contributed by atoms with Gasteiger partial charge in [0.25, 0.3) is 0 Å². The number of benzene rings is 1. The maximum Gasteiger partial charge on any atom is 0.0208 e. The molecule has 2 rings (SSSR count). The summed E-state index contributed by atoms with van der Waals surface area (Å²) in [7, 11) is 0. The maximum absolute atomic E-state index is 3.65. The number of nitrogens with one attached hydrogen (secondary N) is 1. The van der Waals surface area contributed by atoms with Crippen LogP contribution in [0.3, 0.4) is 0 Å². The molecular weight excluding hydrogens is 170 g/mol. The van der Waals surface area contributed by atoms with Crippen LogP contribution in [0.4, 0.5) is 0 Å². The van der Waals surface area contributed by atoms with Crippen LogP contribution in [0, 0.1) is 5.92 Å². The lowest BCUT2D eigenvalue weighted by Crippen LogP contribution is -2.29. The first kappa shape index (κ1) is 9.72. The zero-order valence-electron chi connectivity index (χ0n) is 8.87. The van der Waals surface area contributed by atoms with Gasteiger partial charge in [0.2, 0.25) is 0 Å². The fraction of sp³-hybridized carbons (Fsp3) is 0.538. The molecule has 1 aliphatic rings. The topological polar surface area (TPSA) is 12.0 Å². The molecule has 1 heteroatoms. The largest absolute Gasteiger partial charge is 0.310 e. The highest BCUT2D eigenvalue weighted by atomic mass is 14.9. The van der Waals surface area contributed by atoms with Gasteiger partial charge >= 0.3 is 0 Å². The maximum atomic E-state index is 3.65. The van der Waals surface area contributed by atoms with Gasteiger partial charge in [-0.15, -0.1) is 0 Å². The van der Waals surface area contributed by atoms with Crippen molar-refractivity contribution in [2.24, 2.45) is 5.92 Å². The standard InChI is InChI=1S/C13H19N/c1-2-13(12-8-9-12)14-10-11-6-4-3-5-7-11/h3-7,12-14H,2,8-10H2,1H3. The molecule has 1 aromatic carbocycles. The van der Waals surface area contributed by atoms with Crippen molar-refractivity contribution in [3.63, 3.8) is 0 Å². The molecule has 0 saturated heterocycles. The number of hydrogen-bond donors (Lipinski definition) is 1. The number of hydrogen-bond acceptors (Lipinski definition) is 1. The summed E-state index contributed by atoms with van der Waals surface area (Å²) in [6, 6.07) is 11.4. The molecule has 0 heterocycles. The second-order valence-electron chi connectivity index (χ2n) is 4.22. The van der Waals surface area contributed by atoms with Crippen molar-refractivity contribution in [1.82, 2.24) is 5.32 Å². The Morgan fingerprint density at radius 3 is 2.57 bits per heavy atom. The summed E-state index contributed by atoms with van der Waals surface area (Å²) in [5, 5.41) is 3.65. The van der Waals surface area contributed by atoms with E-state index in [0.717, 1.165) is 18.5 Å². The van der Waals surface area contributed by atoms with Crippen molar-refractivity contribution >= 4 is 0 Å². The predicted molar refractivity (Wildman–Crippen MR) is 60.1 cm³/mol. The Hall–Kier alpha value is -0.820. The third-order valence-electron chi connectivity index (χ3n) is 3.04. The Labute approximate surface area is 86.5 Å². The second-order valence-corrected chi connectivity index (χ2v) is 4.22. The van der Waals surface area contributed by atoms with Gasteiger partial charge in [-0.1, -0.05) is 37.3 Å². The zero-order valence-corrected chi connectivity index (χ0v) is 8.87. The first-order chi connectivity index (χ1) is 6.90. The van der Waals surface area contributed by atoms with E-state index >= 15 is 0 Å². The smallest absolute Gasteiger partial charge is 0.0208 e. The Morgan fingerprint density at radius 1 is 1.29 bits per heavy atom. The van der Waals surface area contributed by atoms with Gasteiger partial charge in [0, 0.05) is 12.6 Å². The molecule has 1 saturated carbocycles. The Bertz CT molecular complexity index is 264. The minimum absolute atomic E-state index is 0.746. The van der Waals surface area contributed by atoms with Crippen LogP contribution in [0.1, 0.15) is 31.7 Å². The lowest BCUT2D eigenvalue weighted by molar-refractivity contribution is 0.449. The molecule has 1 aliphatic carbocycles. The molecule has 1 fully saturated rings. The van der Waals surface area contributed by atoms with E-state index in [1.165, 1.54) is 24.8 Å². The van der Waals surface area contributed by atoms with Crippen LogP contribution >= 0.6 is 0 Å². The van der Waals surface area contributed by atoms with E-state index in [1.807, 2.05) is 0 Å². The molecule has 0 aromatic heterocycles. The van der Waals surface area contributed by atoms with Gasteiger partial charge in [-0.25, -0.2) is 0 Å². The fourth-order valence-corrected chi connectivity index (χ4v) is 1.99. The van der Waals surface area contributed by atoms with Crippen molar-refractivity contribution in [2.75, 3.05) is 0 Å². The molecule has 0 spiro atoms. The van der Waals surface area contributed by atoms with E-state index in [4.69, 9.17) is 0 Å². The molecule has 1 N–H and O–H groups in total. The molecule has 0 amide bonds. The first-order valence-electron chi connectivity index (χ1n) is 5.67. The average Bonchev–Trinajstić information content (AvgIpc) is 3.05. The summed E-state index contributed by atoms with van der Waals surface area (Å²) < 4.78 is 0. The first-order valence-corrected chi connectivity index (χ1v) is 5.67. The lowest BCUT2D eigenvalue weighted by Gasteiger charge is -2.15. The molecule has 1 aromatic rings. The molecule has 1 nitrogen and oxygen atoms in total. The SMILES string of the molecule is CCC(NCc1ccccc1)C1CC1. The molecule has 0 bridgehead atoms. The summed E-state index contributed by atoms with van der Waals surface area (Å²) in [5.41, 5.74) is 1.40. The van der Waals surface area contributed by atoms with Crippen molar-refractivity contribution in [2.45, 2.75) is 38.8 Å². The monoisotopic (exact) mass is 189 g/mol. The molecule has 76 valence electrons. The molecule has 0 aliphatic heterocycles. The molecule has 14 heavy (non-hydrogen) atoms. The minimum atomic E-state index is 0.746. The minimum Gasteiger partial charge on any atom is -0.310 e. The van der Waals surface area contributed by atoms with Crippen molar-refractivity contribution in [3.05, 3.63) is 35.9 Å². The van der Waals surface area contributed by atoms with Crippen LogP contribution in [-0.4, -0.2) is 6.04 Å². The van der Waals surface area contributed by atoms with Gasteiger partial charge in [0.1, 0.15) is 0 Å². The molecule has 1 atom stereocenters. The van der Waals surface area contributed by atoms with E-state index in [9.17, 15) is 0 Å². The van der Waals surface area contributed by atoms with Gasteiger partial charge in [0.05, 0.1) is 0 Å². The lowest BCUT2D eigenvalue weighted by atomic mass is 10.1. The van der Waals surface area contributed by atoms with Crippen molar-refractivity contribution in [3.8, 4) is 0 Å². The van der Waals surface area contributed by atoms with Gasteiger partial charge < -0.3 is 5.32 Å². The Balaban J connectivity index is 1.81. The quantitative estimate of drug-likeness (QED) is 0.751.